The van der Waals surface area contributed by atoms with Gasteiger partial charge in [0, 0.05) is 32.6 Å². The lowest BCUT2D eigenvalue weighted by Crippen LogP contribution is -2.38. The fourth-order valence-electron chi connectivity index (χ4n) is 1.76. The molecule has 2 atom stereocenters. The summed E-state index contributed by atoms with van der Waals surface area (Å²) < 4.78 is 0. The van der Waals surface area contributed by atoms with Gasteiger partial charge >= 0.3 is 0 Å². The molecular formula is C12H26N2O. The molecule has 0 spiro atoms. The first kappa shape index (κ1) is 14.4. The Balaban J connectivity index is 3.82. The lowest BCUT2D eigenvalue weighted by atomic mass is 10.0. The van der Waals surface area contributed by atoms with Crippen molar-refractivity contribution in [2.24, 2.45) is 5.92 Å². The summed E-state index contributed by atoms with van der Waals surface area (Å²) in [5.41, 5.74) is 0. The van der Waals surface area contributed by atoms with Crippen molar-refractivity contribution in [3.05, 3.63) is 0 Å². The number of rotatable bonds is 6. The summed E-state index contributed by atoms with van der Waals surface area (Å²) in [5, 5.41) is 3.45. The van der Waals surface area contributed by atoms with E-state index in [1.165, 1.54) is 0 Å². The second-order valence-electron chi connectivity index (χ2n) is 5.09. The first-order valence-electron chi connectivity index (χ1n) is 5.79. The van der Waals surface area contributed by atoms with Gasteiger partial charge in [0.15, 0.2) is 0 Å². The van der Waals surface area contributed by atoms with Crippen LogP contribution in [0.2, 0.25) is 0 Å². The summed E-state index contributed by atoms with van der Waals surface area (Å²) in [4.78, 5) is 13.1. The van der Waals surface area contributed by atoms with Crippen molar-refractivity contribution in [1.82, 2.24) is 10.2 Å². The van der Waals surface area contributed by atoms with Gasteiger partial charge in [-0.2, -0.15) is 0 Å². The van der Waals surface area contributed by atoms with E-state index in [9.17, 15) is 4.79 Å². The predicted octanol–water partition coefficient (Wildman–Crippen LogP) is 1.88. The Kier molecular flexibility index (Phi) is 6.57. The molecular weight excluding hydrogens is 188 g/mol. The number of hydrogen-bond donors (Lipinski definition) is 1. The van der Waals surface area contributed by atoms with Gasteiger partial charge in [0.2, 0.25) is 5.91 Å². The first-order chi connectivity index (χ1) is 6.82. The number of nitrogens with one attached hydrogen (secondary N) is 1. The lowest BCUT2D eigenvalue weighted by molar-refractivity contribution is -0.129. The monoisotopic (exact) mass is 214 g/mol. The molecule has 0 fully saturated rings. The summed E-state index contributed by atoms with van der Waals surface area (Å²) in [6.45, 7) is 8.68. The largest absolute Gasteiger partial charge is 0.349 e. The Morgan fingerprint density at radius 2 is 1.67 bits per heavy atom. The molecule has 1 amide bonds. The molecule has 90 valence electrons. The molecule has 3 heteroatoms. The van der Waals surface area contributed by atoms with Gasteiger partial charge in [0.05, 0.1) is 0 Å². The van der Waals surface area contributed by atoms with E-state index < -0.39 is 0 Å². The number of carbonyl (C=O) groups excluding carboxylic acids is 1. The quantitative estimate of drug-likeness (QED) is 0.732. The summed E-state index contributed by atoms with van der Waals surface area (Å²) in [6, 6.07) is 0.739. The standard InChI is InChI=1S/C12H26N2O/c1-9(2)7-10(3)13-11(4)8-12(15)14(5)6/h9-11,13H,7-8H2,1-6H3. The fourth-order valence-corrected chi connectivity index (χ4v) is 1.76. The molecule has 1 N–H and O–H groups in total. The van der Waals surface area contributed by atoms with Gasteiger partial charge in [0.1, 0.15) is 0 Å². The maximum absolute atomic E-state index is 11.4. The zero-order valence-electron chi connectivity index (χ0n) is 11.0. The van der Waals surface area contributed by atoms with Crippen molar-refractivity contribution >= 4 is 5.91 Å². The second-order valence-corrected chi connectivity index (χ2v) is 5.09. The summed E-state index contributed by atoms with van der Waals surface area (Å²) >= 11 is 0. The SMILES string of the molecule is CC(C)CC(C)NC(C)CC(=O)N(C)C. The topological polar surface area (TPSA) is 32.3 Å². The van der Waals surface area contributed by atoms with Crippen molar-refractivity contribution in [3.8, 4) is 0 Å². The molecule has 0 heterocycles. The number of amides is 1. The van der Waals surface area contributed by atoms with Crippen LogP contribution in [0.4, 0.5) is 0 Å². The van der Waals surface area contributed by atoms with Crippen LogP contribution in [-0.2, 0) is 4.79 Å². The van der Waals surface area contributed by atoms with Crippen molar-refractivity contribution in [2.45, 2.75) is 52.6 Å². The van der Waals surface area contributed by atoms with Crippen molar-refractivity contribution in [3.63, 3.8) is 0 Å². The molecule has 0 aromatic carbocycles. The van der Waals surface area contributed by atoms with Gasteiger partial charge in [0.25, 0.3) is 0 Å². The van der Waals surface area contributed by atoms with Crippen molar-refractivity contribution in [2.75, 3.05) is 14.1 Å². The highest BCUT2D eigenvalue weighted by Crippen LogP contribution is 2.05. The van der Waals surface area contributed by atoms with E-state index >= 15 is 0 Å². The van der Waals surface area contributed by atoms with Crippen molar-refractivity contribution in [1.29, 1.82) is 0 Å². The third kappa shape index (κ3) is 7.37. The zero-order chi connectivity index (χ0) is 12.0. The summed E-state index contributed by atoms with van der Waals surface area (Å²) in [6.07, 6.45) is 1.73. The number of hydrogen-bond acceptors (Lipinski definition) is 2. The van der Waals surface area contributed by atoms with E-state index in [0.29, 0.717) is 18.4 Å². The Bertz CT molecular complexity index is 190. The average molecular weight is 214 g/mol. The smallest absolute Gasteiger partial charge is 0.223 e. The van der Waals surface area contributed by atoms with Gasteiger partial charge in [-0.1, -0.05) is 13.8 Å². The fraction of sp³-hybridized carbons (Fsp3) is 0.917. The molecule has 0 radical (unpaired) electrons. The van der Waals surface area contributed by atoms with Crippen LogP contribution in [0, 0.1) is 5.92 Å². The van der Waals surface area contributed by atoms with Crippen LogP contribution >= 0.6 is 0 Å². The molecule has 15 heavy (non-hydrogen) atoms. The molecule has 0 aliphatic carbocycles. The summed E-state index contributed by atoms with van der Waals surface area (Å²) in [5.74, 6) is 0.885. The van der Waals surface area contributed by atoms with Gasteiger partial charge < -0.3 is 10.2 Å². The highest BCUT2D eigenvalue weighted by Gasteiger charge is 2.13. The minimum Gasteiger partial charge on any atom is -0.349 e. The van der Waals surface area contributed by atoms with Gasteiger partial charge in [-0.25, -0.2) is 0 Å². The third-order valence-electron chi connectivity index (χ3n) is 2.37. The van der Waals surface area contributed by atoms with Crippen LogP contribution in [0.15, 0.2) is 0 Å². The minimum absolute atomic E-state index is 0.187. The normalized spacial score (nSPS) is 15.1. The molecule has 0 aromatic rings. The minimum atomic E-state index is 0.187. The molecule has 0 saturated heterocycles. The van der Waals surface area contributed by atoms with E-state index in [4.69, 9.17) is 0 Å². The summed E-state index contributed by atoms with van der Waals surface area (Å²) in [7, 11) is 3.60. The van der Waals surface area contributed by atoms with E-state index in [2.05, 4.69) is 33.0 Å². The number of nitrogens with zero attached hydrogens (tertiary/aromatic N) is 1. The van der Waals surface area contributed by atoms with Gasteiger partial charge in [-0.15, -0.1) is 0 Å². The molecule has 2 unspecified atom stereocenters. The molecule has 0 aliphatic rings. The van der Waals surface area contributed by atoms with E-state index in [1.807, 2.05) is 0 Å². The third-order valence-corrected chi connectivity index (χ3v) is 2.37. The molecule has 0 aliphatic heterocycles. The Morgan fingerprint density at radius 1 is 1.13 bits per heavy atom. The van der Waals surface area contributed by atoms with Crippen LogP contribution in [-0.4, -0.2) is 37.0 Å². The maximum atomic E-state index is 11.4. The van der Waals surface area contributed by atoms with Crippen LogP contribution in [0.3, 0.4) is 0 Å². The van der Waals surface area contributed by atoms with E-state index in [1.54, 1.807) is 19.0 Å². The Morgan fingerprint density at radius 3 is 2.07 bits per heavy atom. The van der Waals surface area contributed by atoms with Crippen LogP contribution < -0.4 is 5.32 Å². The average Bonchev–Trinajstić information content (AvgIpc) is 2.00. The molecule has 0 aromatic heterocycles. The first-order valence-corrected chi connectivity index (χ1v) is 5.79. The highest BCUT2D eigenvalue weighted by molar-refractivity contribution is 5.76. The van der Waals surface area contributed by atoms with Gasteiger partial charge in [-0.3, -0.25) is 4.79 Å². The molecule has 0 bridgehead atoms. The Labute approximate surface area is 94.2 Å². The Hall–Kier alpha value is -0.570. The molecule has 3 nitrogen and oxygen atoms in total. The van der Waals surface area contributed by atoms with E-state index in [0.717, 1.165) is 6.42 Å². The second kappa shape index (κ2) is 6.83. The van der Waals surface area contributed by atoms with Gasteiger partial charge in [-0.05, 0) is 26.2 Å². The molecule has 0 saturated carbocycles. The molecule has 0 rings (SSSR count). The zero-order valence-corrected chi connectivity index (χ0v) is 11.0. The van der Waals surface area contributed by atoms with Crippen molar-refractivity contribution < 1.29 is 4.79 Å². The van der Waals surface area contributed by atoms with Crippen LogP contribution in [0.25, 0.3) is 0 Å². The van der Waals surface area contributed by atoms with E-state index in [-0.39, 0.29) is 11.9 Å². The van der Waals surface area contributed by atoms with Crippen LogP contribution in [0.1, 0.15) is 40.5 Å². The number of carbonyl (C=O) groups is 1. The maximum Gasteiger partial charge on any atom is 0.223 e. The van der Waals surface area contributed by atoms with Crippen LogP contribution in [0.5, 0.6) is 0 Å². The highest BCUT2D eigenvalue weighted by atomic mass is 16.2. The predicted molar refractivity (Wildman–Crippen MR) is 64.8 cm³/mol. The lowest BCUT2D eigenvalue weighted by Gasteiger charge is -2.22.